The molecular formula is C20H28ClIN6O2. The number of aliphatic imine (C=N–C) groups is 1. The van der Waals surface area contributed by atoms with Crippen LogP contribution in [-0.4, -0.2) is 61.5 Å². The van der Waals surface area contributed by atoms with Gasteiger partial charge in [0.1, 0.15) is 5.76 Å². The van der Waals surface area contributed by atoms with Crippen molar-refractivity contribution in [1.82, 2.24) is 20.5 Å². The first-order valence-corrected chi connectivity index (χ1v) is 10.00. The van der Waals surface area contributed by atoms with Crippen LogP contribution in [0.4, 0.5) is 5.69 Å². The number of hydrogen-bond donors (Lipinski definition) is 2. The van der Waals surface area contributed by atoms with Crippen LogP contribution in [0.3, 0.4) is 0 Å². The first-order chi connectivity index (χ1) is 14.0. The number of amides is 1. The van der Waals surface area contributed by atoms with E-state index in [-0.39, 0.29) is 36.4 Å². The highest BCUT2D eigenvalue weighted by molar-refractivity contribution is 14.0. The molecule has 1 fully saturated rings. The van der Waals surface area contributed by atoms with Gasteiger partial charge in [0.2, 0.25) is 11.8 Å². The molecule has 0 saturated carbocycles. The second kappa shape index (κ2) is 11.4. The number of piperazine rings is 1. The fourth-order valence-electron chi connectivity index (χ4n) is 3.13. The monoisotopic (exact) mass is 546 g/mol. The molecule has 2 heterocycles. The lowest BCUT2D eigenvalue weighted by molar-refractivity contribution is -0.130. The van der Waals surface area contributed by atoms with Crippen molar-refractivity contribution >= 4 is 53.1 Å². The zero-order chi connectivity index (χ0) is 20.8. The number of aromatic nitrogens is 1. The van der Waals surface area contributed by atoms with Gasteiger partial charge in [-0.3, -0.25) is 9.79 Å². The van der Waals surface area contributed by atoms with Gasteiger partial charge in [-0.25, -0.2) is 4.98 Å². The predicted molar refractivity (Wildman–Crippen MR) is 130 cm³/mol. The van der Waals surface area contributed by atoms with Gasteiger partial charge in [0.15, 0.2) is 5.96 Å². The summed E-state index contributed by atoms with van der Waals surface area (Å²) in [5.41, 5.74) is 2.00. The summed E-state index contributed by atoms with van der Waals surface area (Å²) in [4.78, 5) is 25.1. The van der Waals surface area contributed by atoms with E-state index in [1.54, 1.807) is 7.05 Å². The number of anilines is 1. The van der Waals surface area contributed by atoms with E-state index >= 15 is 0 Å². The second-order valence-corrected chi connectivity index (χ2v) is 7.31. The number of carbonyl (C=O) groups is 1. The molecular weight excluding hydrogens is 519 g/mol. The number of guanidine groups is 1. The van der Waals surface area contributed by atoms with Crippen LogP contribution in [-0.2, 0) is 11.3 Å². The summed E-state index contributed by atoms with van der Waals surface area (Å²) in [5, 5.41) is 6.89. The summed E-state index contributed by atoms with van der Waals surface area (Å²) < 4.78 is 5.54. The van der Waals surface area contributed by atoms with Crippen molar-refractivity contribution in [3.8, 4) is 0 Å². The van der Waals surface area contributed by atoms with Crippen molar-refractivity contribution in [3.63, 3.8) is 0 Å². The third-order valence-electron chi connectivity index (χ3n) is 4.93. The Balaban J connectivity index is 0.00000320. The molecule has 0 atom stereocenters. The van der Waals surface area contributed by atoms with Gasteiger partial charge in [-0.1, -0.05) is 11.6 Å². The maximum atomic E-state index is 12.5. The van der Waals surface area contributed by atoms with Gasteiger partial charge in [-0.2, -0.15) is 0 Å². The Bertz CT molecular complexity index is 843. The number of rotatable bonds is 5. The first-order valence-electron chi connectivity index (χ1n) is 9.62. The van der Waals surface area contributed by atoms with Gasteiger partial charge in [0, 0.05) is 43.9 Å². The number of halogens is 2. The highest BCUT2D eigenvalue weighted by Gasteiger charge is 2.21. The minimum Gasteiger partial charge on any atom is -0.444 e. The molecule has 30 heavy (non-hydrogen) atoms. The molecule has 1 amide bonds. The fraction of sp³-hybridized carbons (Fsp3) is 0.450. The van der Waals surface area contributed by atoms with E-state index in [1.165, 1.54) is 0 Å². The SMILES string of the molecule is CN=C(NCC(=O)N1CCN(c2ccc(Cl)cc2)CC1)NCc1nc(C)c(C)o1.I. The Morgan fingerprint density at radius 3 is 2.40 bits per heavy atom. The third-order valence-corrected chi connectivity index (χ3v) is 5.19. The maximum Gasteiger partial charge on any atom is 0.242 e. The van der Waals surface area contributed by atoms with Crippen LogP contribution < -0.4 is 15.5 Å². The number of oxazole rings is 1. The second-order valence-electron chi connectivity index (χ2n) is 6.87. The molecule has 2 N–H and O–H groups in total. The maximum absolute atomic E-state index is 12.5. The van der Waals surface area contributed by atoms with E-state index in [4.69, 9.17) is 16.0 Å². The smallest absolute Gasteiger partial charge is 0.242 e. The third kappa shape index (κ3) is 6.49. The first kappa shape index (κ1) is 24.3. The van der Waals surface area contributed by atoms with E-state index in [0.717, 1.165) is 35.3 Å². The standard InChI is InChI=1S/C20H27ClN6O2.HI/c1-14-15(2)29-18(25-14)12-23-20(22-3)24-13-19(28)27-10-8-26(9-11-27)17-6-4-16(21)5-7-17;/h4-7H,8-13H2,1-3H3,(H2,22,23,24);1H. The summed E-state index contributed by atoms with van der Waals surface area (Å²) in [5.74, 6) is 1.98. The number of aryl methyl sites for hydroxylation is 2. The fourth-order valence-corrected chi connectivity index (χ4v) is 3.26. The molecule has 1 aromatic carbocycles. The minimum atomic E-state index is 0. The molecule has 1 aromatic heterocycles. The Labute approximate surface area is 199 Å². The lowest BCUT2D eigenvalue weighted by Gasteiger charge is -2.36. The van der Waals surface area contributed by atoms with Crippen LogP contribution in [0, 0.1) is 13.8 Å². The van der Waals surface area contributed by atoms with E-state index in [9.17, 15) is 4.79 Å². The quantitative estimate of drug-likeness (QED) is 0.341. The molecule has 0 spiro atoms. The largest absolute Gasteiger partial charge is 0.444 e. The Morgan fingerprint density at radius 2 is 1.83 bits per heavy atom. The molecule has 3 rings (SSSR count). The molecule has 1 aliphatic rings. The highest BCUT2D eigenvalue weighted by atomic mass is 127. The molecule has 0 unspecified atom stereocenters. The van der Waals surface area contributed by atoms with Gasteiger partial charge < -0.3 is 24.9 Å². The average Bonchev–Trinajstić information content (AvgIpc) is 3.06. The molecule has 0 bridgehead atoms. The normalized spacial score (nSPS) is 14.3. The Morgan fingerprint density at radius 1 is 1.17 bits per heavy atom. The van der Waals surface area contributed by atoms with Gasteiger partial charge in [-0.05, 0) is 38.1 Å². The van der Waals surface area contributed by atoms with E-state index in [2.05, 4.69) is 25.5 Å². The van der Waals surface area contributed by atoms with Gasteiger partial charge in [0.05, 0.1) is 18.8 Å². The van der Waals surface area contributed by atoms with Gasteiger partial charge >= 0.3 is 0 Å². The molecule has 2 aromatic rings. The predicted octanol–water partition coefficient (Wildman–Crippen LogP) is 2.58. The highest BCUT2D eigenvalue weighted by Crippen LogP contribution is 2.19. The van der Waals surface area contributed by atoms with Gasteiger partial charge in [0.25, 0.3) is 0 Å². The molecule has 10 heteroatoms. The summed E-state index contributed by atoms with van der Waals surface area (Å²) in [6.45, 7) is 7.33. The van der Waals surface area contributed by atoms with E-state index in [0.29, 0.717) is 31.5 Å². The van der Waals surface area contributed by atoms with Crippen molar-refractivity contribution < 1.29 is 9.21 Å². The van der Waals surface area contributed by atoms with Crippen LogP contribution >= 0.6 is 35.6 Å². The van der Waals surface area contributed by atoms with Crippen molar-refractivity contribution in [1.29, 1.82) is 0 Å². The van der Waals surface area contributed by atoms with Crippen molar-refractivity contribution in [2.24, 2.45) is 4.99 Å². The number of hydrogen-bond acceptors (Lipinski definition) is 5. The van der Waals surface area contributed by atoms with Crippen LogP contribution in [0.2, 0.25) is 5.02 Å². The van der Waals surface area contributed by atoms with E-state index in [1.807, 2.05) is 43.0 Å². The molecule has 1 saturated heterocycles. The summed E-state index contributed by atoms with van der Waals surface area (Å²) in [6.07, 6.45) is 0. The number of benzene rings is 1. The van der Waals surface area contributed by atoms with Crippen LogP contribution in [0.25, 0.3) is 0 Å². The minimum absolute atomic E-state index is 0. The van der Waals surface area contributed by atoms with Crippen molar-refractivity contribution in [3.05, 3.63) is 46.6 Å². The van der Waals surface area contributed by atoms with Crippen LogP contribution in [0.1, 0.15) is 17.3 Å². The number of carbonyl (C=O) groups excluding carboxylic acids is 1. The summed E-state index contributed by atoms with van der Waals surface area (Å²) >= 11 is 5.95. The Hall–Kier alpha value is -2.01. The van der Waals surface area contributed by atoms with Crippen molar-refractivity contribution in [2.45, 2.75) is 20.4 Å². The zero-order valence-electron chi connectivity index (χ0n) is 17.4. The average molecular weight is 547 g/mol. The number of nitrogens with zero attached hydrogens (tertiary/aromatic N) is 4. The Kier molecular flexibility index (Phi) is 9.22. The molecule has 1 aliphatic heterocycles. The van der Waals surface area contributed by atoms with E-state index < -0.39 is 0 Å². The number of nitrogens with one attached hydrogen (secondary N) is 2. The topological polar surface area (TPSA) is 86.0 Å². The van der Waals surface area contributed by atoms with Crippen molar-refractivity contribution in [2.75, 3.05) is 44.7 Å². The summed E-state index contributed by atoms with van der Waals surface area (Å²) in [7, 11) is 1.66. The van der Waals surface area contributed by atoms with Crippen LogP contribution in [0.5, 0.6) is 0 Å². The lowest BCUT2D eigenvalue weighted by Crippen LogP contribution is -2.52. The molecule has 0 aliphatic carbocycles. The molecule has 164 valence electrons. The van der Waals surface area contributed by atoms with Gasteiger partial charge in [-0.15, -0.1) is 24.0 Å². The zero-order valence-corrected chi connectivity index (χ0v) is 20.5. The lowest BCUT2D eigenvalue weighted by atomic mass is 10.2. The van der Waals surface area contributed by atoms with Crippen LogP contribution in [0.15, 0.2) is 33.7 Å². The molecule has 8 nitrogen and oxygen atoms in total. The summed E-state index contributed by atoms with van der Waals surface area (Å²) in [6, 6.07) is 7.79. The molecule has 0 radical (unpaired) electrons.